The Morgan fingerprint density at radius 2 is 2.10 bits per heavy atom. The van der Waals surface area contributed by atoms with Crippen LogP contribution in [0.15, 0.2) is 24.3 Å². The molecular weight excluding hydrogens is 252 g/mol. The number of nitrogens with zero attached hydrogens (tertiary/aromatic N) is 3. The van der Waals surface area contributed by atoms with E-state index in [2.05, 4.69) is 10.4 Å². The van der Waals surface area contributed by atoms with Crippen LogP contribution in [0.1, 0.15) is 33.7 Å². The van der Waals surface area contributed by atoms with Crippen LogP contribution in [0.5, 0.6) is 0 Å². The van der Waals surface area contributed by atoms with Gasteiger partial charge < -0.3 is 5.32 Å². The van der Waals surface area contributed by atoms with Gasteiger partial charge in [0.2, 0.25) is 0 Å². The second kappa shape index (κ2) is 4.82. The standard InChI is InChI=1S/C15H14N4O/c1-19-13-4-2-3-12(13)14(18-19)15(20)17-11-7-5-10(9-16)6-8-11/h5-8H,2-4H2,1H3,(H,17,20). The molecule has 0 bridgehead atoms. The van der Waals surface area contributed by atoms with Crippen molar-refractivity contribution in [2.75, 3.05) is 5.32 Å². The van der Waals surface area contributed by atoms with E-state index in [0.717, 1.165) is 30.5 Å². The summed E-state index contributed by atoms with van der Waals surface area (Å²) in [7, 11) is 1.88. The van der Waals surface area contributed by atoms with E-state index in [-0.39, 0.29) is 5.91 Å². The topological polar surface area (TPSA) is 70.7 Å². The lowest BCUT2D eigenvalue weighted by Crippen LogP contribution is -2.14. The highest BCUT2D eigenvalue weighted by Gasteiger charge is 2.24. The largest absolute Gasteiger partial charge is 0.321 e. The Morgan fingerprint density at radius 1 is 1.35 bits per heavy atom. The van der Waals surface area contributed by atoms with Crippen molar-refractivity contribution in [2.24, 2.45) is 7.05 Å². The minimum atomic E-state index is -0.187. The van der Waals surface area contributed by atoms with Gasteiger partial charge in [-0.3, -0.25) is 9.48 Å². The first-order valence-corrected chi connectivity index (χ1v) is 6.55. The first-order chi connectivity index (χ1) is 9.69. The van der Waals surface area contributed by atoms with Gasteiger partial charge in [-0.25, -0.2) is 0 Å². The molecular formula is C15H14N4O. The molecule has 3 rings (SSSR count). The lowest BCUT2D eigenvalue weighted by Gasteiger charge is -2.04. The number of fused-ring (bicyclic) bond motifs is 1. The van der Waals surface area contributed by atoms with Crippen LogP contribution >= 0.6 is 0 Å². The number of benzene rings is 1. The van der Waals surface area contributed by atoms with E-state index < -0.39 is 0 Å². The van der Waals surface area contributed by atoms with Crippen molar-refractivity contribution in [3.05, 3.63) is 46.8 Å². The third-order valence-corrected chi connectivity index (χ3v) is 3.60. The Morgan fingerprint density at radius 3 is 2.80 bits per heavy atom. The quantitative estimate of drug-likeness (QED) is 0.904. The maximum atomic E-state index is 12.3. The molecule has 0 atom stereocenters. The summed E-state index contributed by atoms with van der Waals surface area (Å²) >= 11 is 0. The van der Waals surface area contributed by atoms with Gasteiger partial charge in [0.1, 0.15) is 0 Å². The lowest BCUT2D eigenvalue weighted by atomic mass is 10.2. The second-order valence-electron chi connectivity index (χ2n) is 4.89. The summed E-state index contributed by atoms with van der Waals surface area (Å²) in [6.07, 6.45) is 2.99. The zero-order valence-corrected chi connectivity index (χ0v) is 11.2. The SMILES string of the molecule is Cn1nc(C(=O)Nc2ccc(C#N)cc2)c2c1CCC2. The van der Waals surface area contributed by atoms with Crippen LogP contribution in [0.4, 0.5) is 5.69 Å². The fraction of sp³-hybridized carbons (Fsp3) is 0.267. The number of nitrogens with one attached hydrogen (secondary N) is 1. The van der Waals surface area contributed by atoms with Gasteiger partial charge in [0.15, 0.2) is 5.69 Å². The Kier molecular flexibility index (Phi) is 2.99. The zero-order valence-electron chi connectivity index (χ0n) is 11.2. The van der Waals surface area contributed by atoms with Crippen molar-refractivity contribution >= 4 is 11.6 Å². The normalized spacial score (nSPS) is 12.8. The van der Waals surface area contributed by atoms with Gasteiger partial charge >= 0.3 is 0 Å². The predicted octanol–water partition coefficient (Wildman–Crippen LogP) is 2.03. The molecule has 0 fully saturated rings. The molecule has 1 heterocycles. The fourth-order valence-electron chi connectivity index (χ4n) is 2.61. The van der Waals surface area contributed by atoms with Crippen LogP contribution in [-0.4, -0.2) is 15.7 Å². The third-order valence-electron chi connectivity index (χ3n) is 3.60. The Balaban J connectivity index is 1.83. The fourth-order valence-corrected chi connectivity index (χ4v) is 2.61. The van der Waals surface area contributed by atoms with E-state index >= 15 is 0 Å². The predicted molar refractivity (Wildman–Crippen MR) is 74.3 cm³/mol. The number of hydrogen-bond acceptors (Lipinski definition) is 3. The van der Waals surface area contributed by atoms with Crippen molar-refractivity contribution in [3.8, 4) is 6.07 Å². The molecule has 0 aliphatic heterocycles. The molecule has 1 aliphatic rings. The maximum absolute atomic E-state index is 12.3. The number of aryl methyl sites for hydroxylation is 1. The Labute approximate surface area is 116 Å². The number of amides is 1. The number of aromatic nitrogens is 2. The van der Waals surface area contributed by atoms with Crippen LogP contribution in [0, 0.1) is 11.3 Å². The van der Waals surface area contributed by atoms with Gasteiger partial charge in [0.05, 0.1) is 11.6 Å². The van der Waals surface area contributed by atoms with Crippen LogP contribution in [0.25, 0.3) is 0 Å². The van der Waals surface area contributed by atoms with Crippen molar-refractivity contribution in [3.63, 3.8) is 0 Å². The van der Waals surface area contributed by atoms with Gasteiger partial charge in [-0.05, 0) is 43.5 Å². The summed E-state index contributed by atoms with van der Waals surface area (Å²) in [4.78, 5) is 12.3. The van der Waals surface area contributed by atoms with Gasteiger partial charge in [-0.15, -0.1) is 0 Å². The van der Waals surface area contributed by atoms with Crippen LogP contribution in [-0.2, 0) is 19.9 Å². The number of carbonyl (C=O) groups excluding carboxylic acids is 1. The van der Waals surface area contributed by atoms with E-state index in [9.17, 15) is 4.79 Å². The van der Waals surface area contributed by atoms with Crippen LogP contribution < -0.4 is 5.32 Å². The molecule has 20 heavy (non-hydrogen) atoms. The Hall–Kier alpha value is -2.61. The highest BCUT2D eigenvalue weighted by molar-refractivity contribution is 6.04. The van der Waals surface area contributed by atoms with Crippen LogP contribution in [0.3, 0.4) is 0 Å². The summed E-state index contributed by atoms with van der Waals surface area (Å²) in [6, 6.07) is 8.85. The monoisotopic (exact) mass is 266 g/mol. The molecule has 100 valence electrons. The molecule has 1 aromatic carbocycles. The summed E-state index contributed by atoms with van der Waals surface area (Å²) < 4.78 is 1.80. The molecule has 5 heteroatoms. The van der Waals surface area contributed by atoms with E-state index in [1.165, 1.54) is 0 Å². The molecule has 0 saturated heterocycles. The average molecular weight is 266 g/mol. The second-order valence-corrected chi connectivity index (χ2v) is 4.89. The molecule has 1 aliphatic carbocycles. The summed E-state index contributed by atoms with van der Waals surface area (Å²) in [5.41, 5.74) is 3.99. The summed E-state index contributed by atoms with van der Waals surface area (Å²) in [6.45, 7) is 0. The Bertz CT molecular complexity index is 707. The summed E-state index contributed by atoms with van der Waals surface area (Å²) in [5, 5.41) is 15.9. The lowest BCUT2D eigenvalue weighted by molar-refractivity contribution is 0.102. The molecule has 1 N–H and O–H groups in total. The van der Waals surface area contributed by atoms with Crippen molar-refractivity contribution in [2.45, 2.75) is 19.3 Å². The number of carbonyl (C=O) groups is 1. The number of rotatable bonds is 2. The molecule has 5 nitrogen and oxygen atoms in total. The molecule has 0 saturated carbocycles. The minimum absolute atomic E-state index is 0.187. The van der Waals surface area contributed by atoms with E-state index in [0.29, 0.717) is 16.9 Å². The van der Waals surface area contributed by atoms with Crippen molar-refractivity contribution in [1.29, 1.82) is 5.26 Å². The van der Waals surface area contributed by atoms with E-state index in [1.54, 1.807) is 28.9 Å². The highest BCUT2D eigenvalue weighted by atomic mass is 16.2. The van der Waals surface area contributed by atoms with E-state index in [4.69, 9.17) is 5.26 Å². The molecule has 0 unspecified atom stereocenters. The first-order valence-electron chi connectivity index (χ1n) is 6.55. The van der Waals surface area contributed by atoms with Gasteiger partial charge in [0.25, 0.3) is 5.91 Å². The molecule has 0 radical (unpaired) electrons. The number of anilines is 1. The number of hydrogen-bond donors (Lipinski definition) is 1. The molecule has 1 aromatic heterocycles. The minimum Gasteiger partial charge on any atom is -0.321 e. The molecule has 1 amide bonds. The van der Waals surface area contributed by atoms with Gasteiger partial charge in [-0.1, -0.05) is 0 Å². The van der Waals surface area contributed by atoms with Gasteiger partial charge in [-0.2, -0.15) is 10.4 Å². The van der Waals surface area contributed by atoms with E-state index in [1.807, 2.05) is 13.1 Å². The number of nitriles is 1. The molecule has 2 aromatic rings. The highest BCUT2D eigenvalue weighted by Crippen LogP contribution is 2.25. The average Bonchev–Trinajstić information content (AvgIpc) is 3.04. The van der Waals surface area contributed by atoms with Crippen LogP contribution in [0.2, 0.25) is 0 Å². The molecule has 0 spiro atoms. The first kappa shape index (κ1) is 12.4. The van der Waals surface area contributed by atoms with Crippen molar-refractivity contribution < 1.29 is 4.79 Å². The third kappa shape index (κ3) is 2.05. The summed E-state index contributed by atoms with van der Waals surface area (Å²) in [5.74, 6) is -0.187. The maximum Gasteiger partial charge on any atom is 0.276 e. The van der Waals surface area contributed by atoms with Crippen molar-refractivity contribution in [1.82, 2.24) is 9.78 Å². The smallest absolute Gasteiger partial charge is 0.276 e. The zero-order chi connectivity index (χ0) is 14.1. The van der Waals surface area contributed by atoms with Gasteiger partial charge in [0, 0.05) is 24.0 Å².